The van der Waals surface area contributed by atoms with Gasteiger partial charge in [0.2, 0.25) is 0 Å². The molecule has 1 N–H and O–H groups in total. The van der Waals surface area contributed by atoms with Gasteiger partial charge in [0.15, 0.2) is 0 Å². The highest BCUT2D eigenvalue weighted by Gasteiger charge is 2.11. The molecule has 0 aliphatic heterocycles. The Labute approximate surface area is 85.2 Å². The molecule has 0 saturated heterocycles. The lowest BCUT2D eigenvalue weighted by atomic mass is 10.0. The Hall–Kier alpha value is -0.340. The predicted molar refractivity (Wildman–Crippen MR) is 60.4 cm³/mol. The Morgan fingerprint density at radius 1 is 1.38 bits per heavy atom. The van der Waals surface area contributed by atoms with Crippen LogP contribution in [0, 0.1) is 6.92 Å². The Kier molecular flexibility index (Phi) is 4.46. The van der Waals surface area contributed by atoms with Crippen LogP contribution in [0.5, 0.6) is 0 Å². The summed E-state index contributed by atoms with van der Waals surface area (Å²) in [4.78, 5) is 0. The summed E-state index contributed by atoms with van der Waals surface area (Å²) in [5.41, 5.74) is 2.93. The minimum atomic E-state index is 0.571. The number of hydrogen-bond acceptors (Lipinski definition) is 2. The highest BCUT2D eigenvalue weighted by Crippen LogP contribution is 2.24. The summed E-state index contributed by atoms with van der Waals surface area (Å²) >= 11 is 1.81. The molecule has 2 heteroatoms. The maximum Gasteiger partial charge on any atom is 0.0330 e. The van der Waals surface area contributed by atoms with E-state index in [-0.39, 0.29) is 0 Å². The van der Waals surface area contributed by atoms with Crippen LogP contribution in [0.4, 0.5) is 0 Å². The van der Waals surface area contributed by atoms with Crippen LogP contribution >= 0.6 is 11.3 Å². The van der Waals surface area contributed by atoms with E-state index in [4.69, 9.17) is 0 Å². The smallest absolute Gasteiger partial charge is 0.0330 e. The highest BCUT2D eigenvalue weighted by atomic mass is 32.1. The van der Waals surface area contributed by atoms with E-state index in [0.29, 0.717) is 6.04 Å². The maximum atomic E-state index is 3.53. The van der Waals surface area contributed by atoms with Gasteiger partial charge in [0.25, 0.3) is 0 Å². The molecule has 0 saturated carbocycles. The molecule has 1 heterocycles. The number of aryl methyl sites for hydroxylation is 1. The fourth-order valence-corrected chi connectivity index (χ4v) is 2.53. The van der Waals surface area contributed by atoms with E-state index in [0.717, 1.165) is 6.54 Å². The number of rotatable bonds is 5. The van der Waals surface area contributed by atoms with Crippen molar-refractivity contribution in [3.63, 3.8) is 0 Å². The van der Waals surface area contributed by atoms with Gasteiger partial charge < -0.3 is 5.32 Å². The van der Waals surface area contributed by atoms with E-state index in [1.165, 1.54) is 24.0 Å². The standard InChI is InChI=1S/C11H19NS/c1-4-6-11(12-5-2)10-8-13-7-9(10)3/h7-8,11-12H,4-6H2,1-3H3. The van der Waals surface area contributed by atoms with Crippen molar-refractivity contribution in [3.8, 4) is 0 Å². The van der Waals surface area contributed by atoms with Crippen LogP contribution < -0.4 is 5.32 Å². The minimum absolute atomic E-state index is 0.571. The quantitative estimate of drug-likeness (QED) is 0.761. The molecule has 0 aliphatic rings. The second kappa shape index (κ2) is 5.40. The Balaban J connectivity index is 2.69. The SMILES string of the molecule is CCCC(NCC)c1cscc1C. The Morgan fingerprint density at radius 2 is 2.15 bits per heavy atom. The molecule has 0 radical (unpaired) electrons. The first-order chi connectivity index (χ1) is 6.29. The second-order valence-corrected chi connectivity index (χ2v) is 4.15. The minimum Gasteiger partial charge on any atom is -0.310 e. The predicted octanol–water partition coefficient (Wildman–Crippen LogP) is 3.51. The average Bonchev–Trinajstić information content (AvgIpc) is 2.51. The van der Waals surface area contributed by atoms with E-state index in [1.807, 2.05) is 0 Å². The number of hydrogen-bond donors (Lipinski definition) is 1. The van der Waals surface area contributed by atoms with Crippen molar-refractivity contribution in [2.45, 2.75) is 39.7 Å². The van der Waals surface area contributed by atoms with Crippen LogP contribution in [0.1, 0.15) is 43.9 Å². The molecule has 74 valence electrons. The molecule has 1 unspecified atom stereocenters. The molecule has 1 atom stereocenters. The number of thiophene rings is 1. The molecule has 1 nitrogen and oxygen atoms in total. The summed E-state index contributed by atoms with van der Waals surface area (Å²) < 4.78 is 0. The van der Waals surface area contributed by atoms with Gasteiger partial charge in [-0.05, 0) is 41.8 Å². The van der Waals surface area contributed by atoms with Crippen molar-refractivity contribution in [1.82, 2.24) is 5.32 Å². The fraction of sp³-hybridized carbons (Fsp3) is 0.636. The van der Waals surface area contributed by atoms with Crippen LogP contribution in [0.2, 0.25) is 0 Å². The summed E-state index contributed by atoms with van der Waals surface area (Å²) in [7, 11) is 0. The van der Waals surface area contributed by atoms with Crippen molar-refractivity contribution < 1.29 is 0 Å². The van der Waals surface area contributed by atoms with Crippen molar-refractivity contribution in [2.75, 3.05) is 6.54 Å². The highest BCUT2D eigenvalue weighted by molar-refractivity contribution is 7.08. The normalized spacial score (nSPS) is 13.2. The molecule has 1 rings (SSSR count). The largest absolute Gasteiger partial charge is 0.310 e. The molecule has 0 amide bonds. The van der Waals surface area contributed by atoms with Crippen molar-refractivity contribution in [3.05, 3.63) is 21.9 Å². The summed E-state index contributed by atoms with van der Waals surface area (Å²) in [5.74, 6) is 0. The first-order valence-corrected chi connectivity index (χ1v) is 5.99. The van der Waals surface area contributed by atoms with Crippen LogP contribution in [-0.2, 0) is 0 Å². The molecule has 13 heavy (non-hydrogen) atoms. The van der Waals surface area contributed by atoms with Gasteiger partial charge in [-0.3, -0.25) is 0 Å². The van der Waals surface area contributed by atoms with E-state index < -0.39 is 0 Å². The van der Waals surface area contributed by atoms with Gasteiger partial charge in [-0.15, -0.1) is 0 Å². The monoisotopic (exact) mass is 197 g/mol. The van der Waals surface area contributed by atoms with Gasteiger partial charge in [0.05, 0.1) is 0 Å². The maximum absolute atomic E-state index is 3.53. The van der Waals surface area contributed by atoms with Gasteiger partial charge in [-0.25, -0.2) is 0 Å². The van der Waals surface area contributed by atoms with Crippen LogP contribution in [0.15, 0.2) is 10.8 Å². The van der Waals surface area contributed by atoms with Crippen LogP contribution in [-0.4, -0.2) is 6.54 Å². The third kappa shape index (κ3) is 2.82. The fourth-order valence-electron chi connectivity index (χ4n) is 1.63. The molecule has 1 aromatic rings. The molecule has 0 aliphatic carbocycles. The van der Waals surface area contributed by atoms with Crippen LogP contribution in [0.3, 0.4) is 0 Å². The van der Waals surface area contributed by atoms with E-state index in [2.05, 4.69) is 36.8 Å². The summed E-state index contributed by atoms with van der Waals surface area (Å²) in [5, 5.41) is 8.04. The van der Waals surface area contributed by atoms with Crippen molar-refractivity contribution >= 4 is 11.3 Å². The van der Waals surface area contributed by atoms with E-state index in [9.17, 15) is 0 Å². The summed E-state index contributed by atoms with van der Waals surface area (Å²) in [6.07, 6.45) is 2.48. The van der Waals surface area contributed by atoms with Crippen LogP contribution in [0.25, 0.3) is 0 Å². The molecule has 0 bridgehead atoms. The first kappa shape index (κ1) is 10.7. The zero-order valence-electron chi connectivity index (χ0n) is 8.76. The van der Waals surface area contributed by atoms with E-state index in [1.54, 1.807) is 11.3 Å². The lowest BCUT2D eigenvalue weighted by Crippen LogP contribution is -2.20. The first-order valence-electron chi connectivity index (χ1n) is 5.05. The van der Waals surface area contributed by atoms with E-state index >= 15 is 0 Å². The zero-order valence-corrected chi connectivity index (χ0v) is 9.58. The van der Waals surface area contributed by atoms with Gasteiger partial charge in [0.1, 0.15) is 0 Å². The van der Waals surface area contributed by atoms with Gasteiger partial charge in [-0.2, -0.15) is 11.3 Å². The lowest BCUT2D eigenvalue weighted by Gasteiger charge is -2.16. The molecule has 0 spiro atoms. The van der Waals surface area contributed by atoms with Gasteiger partial charge in [-0.1, -0.05) is 20.3 Å². The molecule has 0 fully saturated rings. The topological polar surface area (TPSA) is 12.0 Å². The third-order valence-electron chi connectivity index (χ3n) is 2.30. The van der Waals surface area contributed by atoms with Gasteiger partial charge in [0, 0.05) is 6.04 Å². The Morgan fingerprint density at radius 3 is 2.62 bits per heavy atom. The molecule has 1 aromatic heterocycles. The third-order valence-corrected chi connectivity index (χ3v) is 3.18. The number of nitrogens with one attached hydrogen (secondary N) is 1. The summed E-state index contributed by atoms with van der Waals surface area (Å²) in [6, 6.07) is 0.571. The molecule has 0 aromatic carbocycles. The molecular weight excluding hydrogens is 178 g/mol. The molecular formula is C11H19NS. The lowest BCUT2D eigenvalue weighted by molar-refractivity contribution is 0.508. The average molecular weight is 197 g/mol. The van der Waals surface area contributed by atoms with Crippen molar-refractivity contribution in [1.29, 1.82) is 0 Å². The van der Waals surface area contributed by atoms with Crippen molar-refractivity contribution in [2.24, 2.45) is 0 Å². The zero-order chi connectivity index (χ0) is 9.68. The Bertz CT molecular complexity index is 236. The second-order valence-electron chi connectivity index (χ2n) is 3.41. The van der Waals surface area contributed by atoms with Gasteiger partial charge >= 0.3 is 0 Å². The summed E-state index contributed by atoms with van der Waals surface area (Å²) in [6.45, 7) is 7.67.